The van der Waals surface area contributed by atoms with Crippen LogP contribution in [0.25, 0.3) is 11.1 Å². The van der Waals surface area contributed by atoms with Gasteiger partial charge in [0, 0.05) is 25.6 Å². The number of aromatic nitrogens is 2. The number of rotatable bonds is 8. The van der Waals surface area contributed by atoms with E-state index in [0.29, 0.717) is 0 Å². The van der Waals surface area contributed by atoms with Crippen LogP contribution in [0.15, 0.2) is 54.6 Å². The fourth-order valence-corrected chi connectivity index (χ4v) is 4.38. The van der Waals surface area contributed by atoms with Crippen molar-refractivity contribution in [3.8, 4) is 11.1 Å². The average molecular weight is 477 g/mol. The van der Waals surface area contributed by atoms with Gasteiger partial charge in [-0.1, -0.05) is 62.4 Å². The van der Waals surface area contributed by atoms with Crippen LogP contribution in [-0.4, -0.2) is 46.0 Å². The highest BCUT2D eigenvalue weighted by molar-refractivity contribution is 5.94. The molecule has 0 bridgehead atoms. The SMILES string of the molecule is CC(C)C(CNC(=O)c1cc(NC(=O)OCC2c3ccccc3-c3ccccc32)nn1C)C(=O)O. The summed E-state index contributed by atoms with van der Waals surface area (Å²) >= 11 is 0. The maximum absolute atomic E-state index is 12.5. The third-order valence-corrected chi connectivity index (χ3v) is 6.29. The molecule has 4 rings (SSSR count). The zero-order valence-corrected chi connectivity index (χ0v) is 19.8. The Hall–Kier alpha value is -4.14. The molecular formula is C26H28N4O5. The van der Waals surface area contributed by atoms with Crippen molar-refractivity contribution in [1.82, 2.24) is 15.1 Å². The summed E-state index contributed by atoms with van der Waals surface area (Å²) in [5.41, 5.74) is 4.69. The summed E-state index contributed by atoms with van der Waals surface area (Å²) in [7, 11) is 1.56. The Morgan fingerprint density at radius 1 is 1.06 bits per heavy atom. The molecule has 1 unspecified atom stereocenters. The average Bonchev–Trinajstić information content (AvgIpc) is 3.34. The lowest BCUT2D eigenvalue weighted by Crippen LogP contribution is -2.36. The molecule has 1 aromatic heterocycles. The van der Waals surface area contributed by atoms with Crippen molar-refractivity contribution in [3.63, 3.8) is 0 Å². The predicted octanol–water partition coefficient (Wildman–Crippen LogP) is 3.87. The summed E-state index contributed by atoms with van der Waals surface area (Å²) in [6.07, 6.45) is -0.678. The summed E-state index contributed by atoms with van der Waals surface area (Å²) in [4.78, 5) is 36.4. The number of amides is 2. The van der Waals surface area contributed by atoms with Crippen LogP contribution in [-0.2, 0) is 16.6 Å². The number of benzene rings is 2. The van der Waals surface area contributed by atoms with Crippen LogP contribution in [0.4, 0.5) is 10.6 Å². The van der Waals surface area contributed by atoms with Crippen molar-refractivity contribution in [1.29, 1.82) is 0 Å². The Morgan fingerprint density at radius 3 is 2.23 bits per heavy atom. The topological polar surface area (TPSA) is 123 Å². The minimum Gasteiger partial charge on any atom is -0.481 e. The van der Waals surface area contributed by atoms with E-state index in [-0.39, 0.29) is 36.5 Å². The molecule has 1 atom stereocenters. The van der Waals surface area contributed by atoms with Gasteiger partial charge < -0.3 is 15.2 Å². The third-order valence-electron chi connectivity index (χ3n) is 6.29. The Labute approximate surface area is 203 Å². The first-order valence-corrected chi connectivity index (χ1v) is 11.4. The van der Waals surface area contributed by atoms with E-state index in [0.717, 1.165) is 22.3 Å². The number of aliphatic carboxylic acids is 1. The third kappa shape index (κ3) is 5.03. The zero-order valence-electron chi connectivity index (χ0n) is 19.8. The van der Waals surface area contributed by atoms with Gasteiger partial charge in [0.15, 0.2) is 5.82 Å². The van der Waals surface area contributed by atoms with Gasteiger partial charge in [-0.2, -0.15) is 5.10 Å². The first-order valence-electron chi connectivity index (χ1n) is 11.4. The Kier molecular flexibility index (Phi) is 6.86. The molecule has 0 spiro atoms. The highest BCUT2D eigenvalue weighted by atomic mass is 16.5. The highest BCUT2D eigenvalue weighted by Gasteiger charge is 2.29. The molecule has 1 aliphatic rings. The summed E-state index contributed by atoms with van der Waals surface area (Å²) in [6.45, 7) is 3.72. The smallest absolute Gasteiger partial charge is 0.412 e. The van der Waals surface area contributed by atoms with Crippen LogP contribution in [0.5, 0.6) is 0 Å². The van der Waals surface area contributed by atoms with E-state index < -0.39 is 23.9 Å². The van der Waals surface area contributed by atoms with Gasteiger partial charge in [-0.05, 0) is 28.2 Å². The number of carboxylic acids is 1. The highest BCUT2D eigenvalue weighted by Crippen LogP contribution is 2.44. The van der Waals surface area contributed by atoms with Crippen LogP contribution in [0.2, 0.25) is 0 Å². The molecular weight excluding hydrogens is 448 g/mol. The van der Waals surface area contributed by atoms with E-state index in [9.17, 15) is 19.5 Å². The number of hydrogen-bond acceptors (Lipinski definition) is 5. The molecule has 0 fully saturated rings. The summed E-state index contributed by atoms with van der Waals surface area (Å²) < 4.78 is 6.84. The van der Waals surface area contributed by atoms with Crippen molar-refractivity contribution in [3.05, 3.63) is 71.4 Å². The molecule has 0 saturated heterocycles. The molecule has 0 radical (unpaired) electrons. The van der Waals surface area contributed by atoms with E-state index in [4.69, 9.17) is 4.74 Å². The second-order valence-electron chi connectivity index (χ2n) is 8.89. The number of ether oxygens (including phenoxy) is 1. The number of anilines is 1. The van der Waals surface area contributed by atoms with E-state index in [2.05, 4.69) is 27.9 Å². The molecule has 9 nitrogen and oxygen atoms in total. The molecule has 1 aliphatic carbocycles. The van der Waals surface area contributed by atoms with Crippen molar-refractivity contribution < 1.29 is 24.2 Å². The fourth-order valence-electron chi connectivity index (χ4n) is 4.38. The van der Waals surface area contributed by atoms with Crippen LogP contribution >= 0.6 is 0 Å². The summed E-state index contributed by atoms with van der Waals surface area (Å²) in [6, 6.07) is 17.6. The molecule has 0 aliphatic heterocycles. The van der Waals surface area contributed by atoms with Crippen LogP contribution in [0, 0.1) is 11.8 Å². The number of fused-ring (bicyclic) bond motifs is 3. The maximum atomic E-state index is 12.5. The van der Waals surface area contributed by atoms with Gasteiger partial charge in [-0.15, -0.1) is 0 Å². The van der Waals surface area contributed by atoms with Gasteiger partial charge in [-0.3, -0.25) is 19.6 Å². The van der Waals surface area contributed by atoms with Crippen molar-refractivity contribution in [2.75, 3.05) is 18.5 Å². The Balaban J connectivity index is 1.37. The zero-order chi connectivity index (χ0) is 25.1. The first kappa shape index (κ1) is 24.0. The Morgan fingerprint density at radius 2 is 1.66 bits per heavy atom. The lowest BCUT2D eigenvalue weighted by atomic mass is 9.96. The van der Waals surface area contributed by atoms with Crippen LogP contribution in [0.3, 0.4) is 0 Å². The minimum absolute atomic E-state index is 0.00778. The summed E-state index contributed by atoms with van der Waals surface area (Å²) in [5.74, 6) is -2.19. The van der Waals surface area contributed by atoms with Crippen molar-refractivity contribution >= 4 is 23.8 Å². The molecule has 0 saturated carbocycles. The molecule has 35 heavy (non-hydrogen) atoms. The van der Waals surface area contributed by atoms with Crippen LogP contribution in [0.1, 0.15) is 41.4 Å². The van der Waals surface area contributed by atoms with Gasteiger partial charge in [0.1, 0.15) is 12.3 Å². The summed E-state index contributed by atoms with van der Waals surface area (Å²) in [5, 5.41) is 18.6. The largest absolute Gasteiger partial charge is 0.481 e. The molecule has 3 N–H and O–H groups in total. The van der Waals surface area contributed by atoms with Gasteiger partial charge >= 0.3 is 12.1 Å². The number of carboxylic acid groups (broad SMARTS) is 1. The van der Waals surface area contributed by atoms with Crippen LogP contribution < -0.4 is 10.6 Å². The first-order chi connectivity index (χ1) is 16.8. The Bertz CT molecular complexity index is 1220. The van der Waals surface area contributed by atoms with E-state index in [1.807, 2.05) is 36.4 Å². The molecule has 3 aromatic rings. The van der Waals surface area contributed by atoms with Crippen molar-refractivity contribution in [2.45, 2.75) is 19.8 Å². The van der Waals surface area contributed by atoms with E-state index in [1.54, 1.807) is 20.9 Å². The second kappa shape index (κ2) is 10.0. The standard InChI is InChI=1S/C26H28N4O5/c1-15(2)20(25(32)33)13-27-24(31)22-12-23(29-30(22)3)28-26(34)35-14-21-18-10-6-4-8-16(18)17-9-5-7-11-19(17)21/h4-12,15,20-21H,13-14H2,1-3H3,(H,27,31)(H,32,33)(H,28,29,34). The lowest BCUT2D eigenvalue weighted by Gasteiger charge is -2.16. The molecule has 182 valence electrons. The van der Waals surface area contributed by atoms with E-state index in [1.165, 1.54) is 10.7 Å². The molecule has 2 aromatic carbocycles. The monoisotopic (exact) mass is 476 g/mol. The number of carbonyl (C=O) groups is 3. The molecule has 9 heteroatoms. The van der Waals surface area contributed by atoms with Gasteiger partial charge in [-0.25, -0.2) is 4.79 Å². The number of carbonyl (C=O) groups excluding carboxylic acids is 2. The second-order valence-corrected chi connectivity index (χ2v) is 8.89. The van der Waals surface area contributed by atoms with Gasteiger partial charge in [0.2, 0.25) is 0 Å². The number of nitrogens with one attached hydrogen (secondary N) is 2. The van der Waals surface area contributed by atoms with Gasteiger partial charge in [0.25, 0.3) is 5.91 Å². The number of nitrogens with zero attached hydrogens (tertiary/aromatic N) is 2. The number of aryl methyl sites for hydroxylation is 1. The maximum Gasteiger partial charge on any atom is 0.412 e. The molecule has 2 amide bonds. The fraction of sp³-hybridized carbons (Fsp3) is 0.308. The normalized spacial score (nSPS) is 13.1. The number of hydrogen-bond donors (Lipinski definition) is 3. The minimum atomic E-state index is -0.970. The lowest BCUT2D eigenvalue weighted by molar-refractivity contribution is -0.142. The predicted molar refractivity (Wildman–Crippen MR) is 130 cm³/mol. The van der Waals surface area contributed by atoms with E-state index >= 15 is 0 Å². The van der Waals surface area contributed by atoms with Crippen molar-refractivity contribution in [2.24, 2.45) is 18.9 Å². The van der Waals surface area contributed by atoms with Gasteiger partial charge in [0.05, 0.1) is 5.92 Å². The molecule has 1 heterocycles. The quantitative estimate of drug-likeness (QED) is 0.454.